The SMILES string of the molecule is COC1=CN(Cl)NC(OC)=N1. The molecule has 0 amide bonds. The van der Waals surface area contributed by atoms with E-state index in [-0.39, 0.29) is 0 Å². The molecule has 0 saturated heterocycles. The van der Waals surface area contributed by atoms with E-state index in [2.05, 4.69) is 10.4 Å². The topological polar surface area (TPSA) is 46.1 Å². The summed E-state index contributed by atoms with van der Waals surface area (Å²) >= 11 is 5.57. The Bertz CT molecular complexity index is 204. The Morgan fingerprint density at radius 1 is 1.55 bits per heavy atom. The van der Waals surface area contributed by atoms with Crippen LogP contribution >= 0.6 is 11.8 Å². The molecule has 1 N–H and O–H groups in total. The van der Waals surface area contributed by atoms with Gasteiger partial charge in [-0.3, -0.25) is 0 Å². The molecule has 0 aliphatic carbocycles. The highest BCUT2D eigenvalue weighted by Crippen LogP contribution is 2.06. The molecule has 1 heterocycles. The van der Waals surface area contributed by atoms with Gasteiger partial charge in [-0.2, -0.15) is 9.52 Å². The first-order chi connectivity index (χ1) is 5.26. The number of aliphatic imine (C=N–C) groups is 1. The molecule has 5 nitrogen and oxygen atoms in total. The first-order valence-electron chi connectivity index (χ1n) is 2.86. The van der Waals surface area contributed by atoms with Gasteiger partial charge in [0.25, 0.3) is 0 Å². The van der Waals surface area contributed by atoms with Crippen LogP contribution in [0.3, 0.4) is 0 Å². The molecule has 1 aliphatic rings. The highest BCUT2D eigenvalue weighted by atomic mass is 35.5. The van der Waals surface area contributed by atoms with Crippen molar-refractivity contribution in [2.45, 2.75) is 0 Å². The molecule has 0 spiro atoms. The number of hydrazine groups is 1. The van der Waals surface area contributed by atoms with Crippen LogP contribution in [0.5, 0.6) is 0 Å². The Hall–Kier alpha value is -1.10. The standard InChI is InChI=1S/C5H8ClN3O2/c1-10-4-3-9(6)8-5(7-4)11-2/h3H,1-2H3,(H,7,8). The number of halogens is 1. The van der Waals surface area contributed by atoms with E-state index in [0.717, 1.165) is 0 Å². The van der Waals surface area contributed by atoms with Crippen molar-refractivity contribution in [3.63, 3.8) is 0 Å². The fraction of sp³-hybridized carbons (Fsp3) is 0.400. The molecule has 0 bridgehead atoms. The van der Waals surface area contributed by atoms with Crippen molar-refractivity contribution < 1.29 is 9.47 Å². The summed E-state index contributed by atoms with van der Waals surface area (Å²) < 4.78 is 10.8. The van der Waals surface area contributed by atoms with Gasteiger partial charge in [-0.05, 0) is 0 Å². The van der Waals surface area contributed by atoms with Crippen molar-refractivity contribution in [2.75, 3.05) is 14.2 Å². The lowest BCUT2D eigenvalue weighted by molar-refractivity contribution is 0.257. The van der Waals surface area contributed by atoms with Crippen LogP contribution in [0, 0.1) is 0 Å². The third kappa shape index (κ3) is 1.91. The molecule has 0 aromatic rings. The molecule has 1 rings (SSSR count). The Kier molecular flexibility index (Phi) is 2.43. The van der Waals surface area contributed by atoms with E-state index in [1.165, 1.54) is 24.9 Å². The summed E-state index contributed by atoms with van der Waals surface area (Å²) in [4.78, 5) is 3.87. The predicted molar refractivity (Wildman–Crippen MR) is 40.4 cm³/mol. The van der Waals surface area contributed by atoms with Crippen molar-refractivity contribution in [1.82, 2.24) is 9.95 Å². The first kappa shape index (κ1) is 8.00. The van der Waals surface area contributed by atoms with E-state index in [1.54, 1.807) is 0 Å². The zero-order chi connectivity index (χ0) is 8.27. The number of nitrogens with one attached hydrogen (secondary N) is 1. The summed E-state index contributed by atoms with van der Waals surface area (Å²) in [5.74, 6) is 0.385. The van der Waals surface area contributed by atoms with Crippen molar-refractivity contribution >= 4 is 17.8 Å². The number of nitrogens with zero attached hydrogens (tertiary/aromatic N) is 2. The normalized spacial score (nSPS) is 16.5. The van der Waals surface area contributed by atoms with Gasteiger partial charge in [-0.1, -0.05) is 0 Å². The Balaban J connectivity index is 2.71. The number of hydrogen-bond donors (Lipinski definition) is 1. The predicted octanol–water partition coefficient (Wildman–Crippen LogP) is 0.408. The van der Waals surface area contributed by atoms with E-state index in [1.807, 2.05) is 0 Å². The molecule has 0 aromatic carbocycles. The van der Waals surface area contributed by atoms with Gasteiger partial charge in [0.1, 0.15) is 6.20 Å². The average Bonchev–Trinajstić information content (AvgIpc) is 2.03. The number of hydrogen-bond acceptors (Lipinski definition) is 5. The maximum Gasteiger partial charge on any atom is 0.313 e. The Labute approximate surface area is 69.3 Å². The van der Waals surface area contributed by atoms with Crippen molar-refractivity contribution in [3.05, 3.63) is 12.1 Å². The lowest BCUT2D eigenvalue weighted by Crippen LogP contribution is -2.36. The molecule has 0 radical (unpaired) electrons. The summed E-state index contributed by atoms with van der Waals surface area (Å²) in [6.45, 7) is 0. The van der Waals surface area contributed by atoms with Gasteiger partial charge < -0.3 is 9.47 Å². The molecular formula is C5H8ClN3O2. The minimum atomic E-state index is 0.291. The lowest BCUT2D eigenvalue weighted by Gasteiger charge is -2.18. The maximum atomic E-state index is 5.57. The van der Waals surface area contributed by atoms with E-state index >= 15 is 0 Å². The van der Waals surface area contributed by atoms with Gasteiger partial charge in [-0.25, -0.2) is 5.43 Å². The number of ether oxygens (including phenoxy) is 2. The number of rotatable bonds is 1. The minimum Gasteiger partial charge on any atom is -0.480 e. The summed E-state index contributed by atoms with van der Waals surface area (Å²) in [7, 11) is 2.98. The first-order valence-corrected chi connectivity index (χ1v) is 3.20. The number of amidine groups is 1. The van der Waals surface area contributed by atoms with Crippen LogP contribution in [0.1, 0.15) is 0 Å². The van der Waals surface area contributed by atoms with Crippen LogP contribution in [-0.2, 0) is 9.47 Å². The Morgan fingerprint density at radius 3 is 2.82 bits per heavy atom. The summed E-state index contributed by atoms with van der Waals surface area (Å²) in [5, 5.41) is 0. The number of methoxy groups -OCH3 is 2. The summed E-state index contributed by atoms with van der Waals surface area (Å²) in [5.41, 5.74) is 2.60. The molecule has 0 atom stereocenters. The second-order valence-electron chi connectivity index (χ2n) is 1.72. The van der Waals surface area contributed by atoms with Gasteiger partial charge in [0, 0.05) is 11.8 Å². The molecule has 0 saturated carbocycles. The monoisotopic (exact) mass is 177 g/mol. The zero-order valence-electron chi connectivity index (χ0n) is 6.17. The van der Waals surface area contributed by atoms with E-state index < -0.39 is 0 Å². The van der Waals surface area contributed by atoms with E-state index in [4.69, 9.17) is 21.3 Å². The molecular weight excluding hydrogens is 170 g/mol. The van der Waals surface area contributed by atoms with E-state index in [0.29, 0.717) is 11.9 Å². The van der Waals surface area contributed by atoms with Gasteiger partial charge >= 0.3 is 6.02 Å². The molecule has 11 heavy (non-hydrogen) atoms. The van der Waals surface area contributed by atoms with Crippen LogP contribution < -0.4 is 5.43 Å². The van der Waals surface area contributed by atoms with Crippen LogP contribution in [0.25, 0.3) is 0 Å². The van der Waals surface area contributed by atoms with Crippen LogP contribution in [-0.4, -0.2) is 24.8 Å². The fourth-order valence-corrected chi connectivity index (χ4v) is 0.720. The highest BCUT2D eigenvalue weighted by Gasteiger charge is 2.10. The van der Waals surface area contributed by atoms with Gasteiger partial charge in [-0.15, -0.1) is 0 Å². The minimum absolute atomic E-state index is 0.291. The maximum absolute atomic E-state index is 5.57. The second kappa shape index (κ2) is 3.34. The van der Waals surface area contributed by atoms with Gasteiger partial charge in [0.2, 0.25) is 5.88 Å². The molecule has 62 valence electrons. The highest BCUT2D eigenvalue weighted by molar-refractivity contribution is 6.14. The van der Waals surface area contributed by atoms with Crippen molar-refractivity contribution in [1.29, 1.82) is 0 Å². The summed E-state index contributed by atoms with van der Waals surface area (Å²) in [6, 6.07) is 0.291. The molecule has 0 unspecified atom stereocenters. The van der Waals surface area contributed by atoms with Crippen LogP contribution in [0.4, 0.5) is 0 Å². The van der Waals surface area contributed by atoms with Crippen LogP contribution in [0.15, 0.2) is 17.1 Å². The van der Waals surface area contributed by atoms with Crippen LogP contribution in [0.2, 0.25) is 0 Å². The summed E-state index contributed by atoms with van der Waals surface area (Å²) in [6.07, 6.45) is 1.48. The fourth-order valence-electron chi connectivity index (χ4n) is 0.564. The van der Waals surface area contributed by atoms with Gasteiger partial charge in [0.05, 0.1) is 14.2 Å². The molecule has 0 fully saturated rings. The molecule has 6 heteroatoms. The molecule has 0 aromatic heterocycles. The third-order valence-electron chi connectivity index (χ3n) is 1.04. The van der Waals surface area contributed by atoms with Gasteiger partial charge in [0.15, 0.2) is 0 Å². The molecule has 1 aliphatic heterocycles. The largest absolute Gasteiger partial charge is 0.480 e. The smallest absolute Gasteiger partial charge is 0.313 e. The lowest BCUT2D eigenvalue weighted by atomic mass is 10.8. The quantitative estimate of drug-likeness (QED) is 0.590. The van der Waals surface area contributed by atoms with Crippen molar-refractivity contribution in [3.8, 4) is 0 Å². The second-order valence-corrected chi connectivity index (χ2v) is 2.08. The Morgan fingerprint density at radius 2 is 2.27 bits per heavy atom. The zero-order valence-corrected chi connectivity index (χ0v) is 6.92. The third-order valence-corrected chi connectivity index (χ3v) is 1.22. The average molecular weight is 178 g/mol. The van der Waals surface area contributed by atoms with Crippen molar-refractivity contribution in [2.24, 2.45) is 4.99 Å². The van der Waals surface area contributed by atoms with E-state index in [9.17, 15) is 0 Å².